The molecule has 0 aliphatic carbocycles. The second-order valence-electron chi connectivity index (χ2n) is 6.68. The fourth-order valence-corrected chi connectivity index (χ4v) is 4.35. The summed E-state index contributed by atoms with van der Waals surface area (Å²) in [5.74, 6) is -2.45. The largest absolute Gasteiger partial charge is 0.465 e. The van der Waals surface area contributed by atoms with Gasteiger partial charge in [-0.25, -0.2) is 9.59 Å². The van der Waals surface area contributed by atoms with Gasteiger partial charge in [0.1, 0.15) is 5.00 Å². The summed E-state index contributed by atoms with van der Waals surface area (Å²) in [5.41, 5.74) is 0.981. The number of hydrogen-bond donors (Lipinski definition) is 2. The molecule has 170 valence electrons. The van der Waals surface area contributed by atoms with Gasteiger partial charge in [0.05, 0.1) is 46.5 Å². The van der Waals surface area contributed by atoms with Gasteiger partial charge in [0.2, 0.25) is 0 Å². The van der Waals surface area contributed by atoms with Crippen LogP contribution in [0.15, 0.2) is 48.5 Å². The molecule has 0 atom stereocenters. The third-order valence-electron chi connectivity index (χ3n) is 4.67. The molecule has 3 aromatic rings. The highest BCUT2D eigenvalue weighted by atomic mass is 35.5. The number of para-hydroxylation sites is 1. The summed E-state index contributed by atoms with van der Waals surface area (Å²) in [6.07, 6.45) is 0. The number of amides is 2. The van der Waals surface area contributed by atoms with Crippen molar-refractivity contribution in [1.29, 1.82) is 0 Å². The van der Waals surface area contributed by atoms with Gasteiger partial charge >= 0.3 is 11.9 Å². The highest BCUT2D eigenvalue weighted by molar-refractivity contribution is 7.19. The number of methoxy groups -OCH3 is 2. The van der Waals surface area contributed by atoms with E-state index < -0.39 is 23.8 Å². The molecule has 1 heterocycles. The molecular weight excluding hydrogens is 468 g/mol. The summed E-state index contributed by atoms with van der Waals surface area (Å²) >= 11 is 7.00. The molecule has 1 aromatic heterocycles. The number of carbonyl (C=O) groups excluding carboxylic acids is 4. The first-order chi connectivity index (χ1) is 15.8. The molecule has 0 saturated heterocycles. The van der Waals surface area contributed by atoms with Crippen molar-refractivity contribution in [1.82, 2.24) is 0 Å². The van der Waals surface area contributed by atoms with Crippen molar-refractivity contribution < 1.29 is 28.7 Å². The number of rotatable bonds is 6. The number of ether oxygens (including phenoxy) is 2. The molecular formula is C23H19ClN2O6S. The van der Waals surface area contributed by atoms with E-state index in [1.807, 2.05) is 0 Å². The molecule has 0 bridgehead atoms. The van der Waals surface area contributed by atoms with E-state index in [1.165, 1.54) is 26.4 Å². The molecule has 0 spiro atoms. The van der Waals surface area contributed by atoms with Crippen molar-refractivity contribution in [3.63, 3.8) is 0 Å². The van der Waals surface area contributed by atoms with E-state index in [9.17, 15) is 19.2 Å². The van der Waals surface area contributed by atoms with Crippen LogP contribution in [0.3, 0.4) is 0 Å². The first-order valence-electron chi connectivity index (χ1n) is 9.54. The van der Waals surface area contributed by atoms with E-state index in [0.717, 1.165) is 11.3 Å². The summed E-state index contributed by atoms with van der Waals surface area (Å²) in [6, 6.07) is 12.8. The van der Waals surface area contributed by atoms with Crippen molar-refractivity contribution in [3.05, 3.63) is 80.7 Å². The van der Waals surface area contributed by atoms with Gasteiger partial charge in [-0.3, -0.25) is 9.59 Å². The number of anilines is 2. The summed E-state index contributed by atoms with van der Waals surface area (Å²) < 4.78 is 9.59. The van der Waals surface area contributed by atoms with Gasteiger partial charge in [0.15, 0.2) is 0 Å². The Morgan fingerprint density at radius 1 is 0.818 bits per heavy atom. The highest BCUT2D eigenvalue weighted by Gasteiger charge is 2.27. The molecule has 2 aromatic carbocycles. The van der Waals surface area contributed by atoms with Gasteiger partial charge < -0.3 is 20.1 Å². The minimum Gasteiger partial charge on any atom is -0.465 e. The number of halogens is 1. The number of hydrogen-bond acceptors (Lipinski definition) is 7. The second-order valence-corrected chi connectivity index (χ2v) is 8.10. The van der Waals surface area contributed by atoms with Gasteiger partial charge in [0, 0.05) is 0 Å². The van der Waals surface area contributed by atoms with Crippen molar-refractivity contribution in [2.45, 2.75) is 6.92 Å². The molecule has 2 N–H and O–H groups in total. The average Bonchev–Trinajstić information content (AvgIpc) is 3.14. The van der Waals surface area contributed by atoms with E-state index >= 15 is 0 Å². The zero-order chi connectivity index (χ0) is 24.1. The normalized spacial score (nSPS) is 10.3. The van der Waals surface area contributed by atoms with Crippen LogP contribution in [0.2, 0.25) is 5.02 Å². The Bertz CT molecular complexity index is 1250. The predicted molar refractivity (Wildman–Crippen MR) is 126 cm³/mol. The van der Waals surface area contributed by atoms with E-state index in [2.05, 4.69) is 10.6 Å². The standard InChI is InChI=1S/C23H19ClN2O6S/c1-12-17(23(30)32-3)21(26-19(27)13-8-4-6-10-15(13)24)33-18(12)20(28)25-16-11-7-5-9-14(16)22(29)31-2/h4-11H,1-3H3,(H,25,28)(H,26,27). The number of benzene rings is 2. The third kappa shape index (κ3) is 5.05. The fraction of sp³-hybridized carbons (Fsp3) is 0.130. The van der Waals surface area contributed by atoms with Crippen molar-refractivity contribution in [3.8, 4) is 0 Å². The van der Waals surface area contributed by atoms with Crippen LogP contribution in [-0.2, 0) is 9.47 Å². The van der Waals surface area contributed by atoms with Crippen LogP contribution >= 0.6 is 22.9 Å². The van der Waals surface area contributed by atoms with E-state index in [4.69, 9.17) is 21.1 Å². The Morgan fingerprint density at radius 3 is 2.06 bits per heavy atom. The van der Waals surface area contributed by atoms with Gasteiger partial charge in [-0.05, 0) is 36.8 Å². The van der Waals surface area contributed by atoms with E-state index in [0.29, 0.717) is 5.56 Å². The molecule has 3 rings (SSSR count). The van der Waals surface area contributed by atoms with Crippen LogP contribution in [0, 0.1) is 6.92 Å². The number of thiophene rings is 1. The van der Waals surface area contributed by atoms with Crippen LogP contribution in [0.1, 0.15) is 46.3 Å². The summed E-state index contributed by atoms with van der Waals surface area (Å²) in [6.45, 7) is 1.56. The lowest BCUT2D eigenvalue weighted by Gasteiger charge is -2.09. The first-order valence-corrected chi connectivity index (χ1v) is 10.7. The maximum atomic E-state index is 13.0. The average molecular weight is 487 g/mol. The Hall–Kier alpha value is -3.69. The highest BCUT2D eigenvalue weighted by Crippen LogP contribution is 2.35. The van der Waals surface area contributed by atoms with Gasteiger partial charge in [-0.15, -0.1) is 11.3 Å². The lowest BCUT2D eigenvalue weighted by Crippen LogP contribution is -2.16. The van der Waals surface area contributed by atoms with Crippen LogP contribution in [0.25, 0.3) is 0 Å². The van der Waals surface area contributed by atoms with Crippen molar-refractivity contribution >= 4 is 57.4 Å². The summed E-state index contributed by atoms with van der Waals surface area (Å²) in [7, 11) is 2.44. The monoisotopic (exact) mass is 486 g/mol. The molecule has 0 aliphatic rings. The summed E-state index contributed by atoms with van der Waals surface area (Å²) in [5, 5.41) is 5.67. The molecule has 2 amide bonds. The minimum atomic E-state index is -0.716. The zero-order valence-corrected chi connectivity index (χ0v) is 19.4. The molecule has 10 heteroatoms. The Balaban J connectivity index is 1.97. The van der Waals surface area contributed by atoms with Crippen LogP contribution in [-0.4, -0.2) is 38.0 Å². The summed E-state index contributed by atoms with van der Waals surface area (Å²) in [4.78, 5) is 50.4. The number of carbonyl (C=O) groups is 4. The molecule has 0 unspecified atom stereocenters. The molecule has 0 fully saturated rings. The zero-order valence-electron chi connectivity index (χ0n) is 17.9. The maximum Gasteiger partial charge on any atom is 0.341 e. The molecule has 0 radical (unpaired) electrons. The quantitative estimate of drug-likeness (QED) is 0.485. The maximum absolute atomic E-state index is 13.0. The molecule has 0 saturated carbocycles. The lowest BCUT2D eigenvalue weighted by molar-refractivity contribution is 0.0592. The Kier molecular flexibility index (Phi) is 7.47. The predicted octanol–water partition coefficient (Wildman–Crippen LogP) is 4.79. The minimum absolute atomic E-state index is 0.0503. The van der Waals surface area contributed by atoms with Crippen LogP contribution in [0.5, 0.6) is 0 Å². The van der Waals surface area contributed by atoms with E-state index in [1.54, 1.807) is 43.3 Å². The fourth-order valence-electron chi connectivity index (χ4n) is 3.04. The molecule has 33 heavy (non-hydrogen) atoms. The lowest BCUT2D eigenvalue weighted by atomic mass is 10.1. The number of nitrogens with one attached hydrogen (secondary N) is 2. The molecule has 0 aliphatic heterocycles. The van der Waals surface area contributed by atoms with Gasteiger partial charge in [-0.2, -0.15) is 0 Å². The Morgan fingerprint density at radius 2 is 1.42 bits per heavy atom. The number of esters is 2. The topological polar surface area (TPSA) is 111 Å². The smallest absolute Gasteiger partial charge is 0.341 e. The second kappa shape index (κ2) is 10.3. The third-order valence-corrected chi connectivity index (χ3v) is 6.20. The van der Waals surface area contributed by atoms with Crippen LogP contribution in [0.4, 0.5) is 10.7 Å². The van der Waals surface area contributed by atoms with Gasteiger partial charge in [0.25, 0.3) is 11.8 Å². The first kappa shape index (κ1) is 24.0. The van der Waals surface area contributed by atoms with Crippen molar-refractivity contribution in [2.24, 2.45) is 0 Å². The molecule has 8 nitrogen and oxygen atoms in total. The van der Waals surface area contributed by atoms with Crippen LogP contribution < -0.4 is 10.6 Å². The van der Waals surface area contributed by atoms with E-state index in [-0.39, 0.29) is 37.3 Å². The SMILES string of the molecule is COC(=O)c1ccccc1NC(=O)c1sc(NC(=O)c2ccccc2Cl)c(C(=O)OC)c1C. The van der Waals surface area contributed by atoms with Crippen molar-refractivity contribution in [2.75, 3.05) is 24.9 Å². The van der Waals surface area contributed by atoms with Gasteiger partial charge in [-0.1, -0.05) is 35.9 Å². The Labute approximate surface area is 198 Å².